The molecule has 1 saturated heterocycles. The van der Waals surface area contributed by atoms with Crippen molar-refractivity contribution >= 4 is 40.6 Å². The highest BCUT2D eigenvalue weighted by atomic mass is 35.5. The molecule has 0 bridgehead atoms. The number of nitrogens with zero attached hydrogens (tertiary/aromatic N) is 3. The van der Waals surface area contributed by atoms with Crippen LogP contribution in [0.3, 0.4) is 0 Å². The molecule has 1 atom stereocenters. The average Bonchev–Trinajstić information content (AvgIpc) is 3.43. The van der Waals surface area contributed by atoms with Crippen LogP contribution >= 0.6 is 12.4 Å². The second-order valence-corrected chi connectivity index (χ2v) is 8.52. The van der Waals surface area contributed by atoms with E-state index in [9.17, 15) is 4.79 Å². The summed E-state index contributed by atoms with van der Waals surface area (Å²) in [6.45, 7) is 5.85. The lowest BCUT2D eigenvalue weighted by Gasteiger charge is -2.22. The Labute approximate surface area is 199 Å². The Bertz CT molecular complexity index is 1270. The van der Waals surface area contributed by atoms with Gasteiger partial charge in [-0.25, -0.2) is 0 Å². The number of carbonyl (C=O) groups is 1. The van der Waals surface area contributed by atoms with E-state index in [-0.39, 0.29) is 24.7 Å². The summed E-state index contributed by atoms with van der Waals surface area (Å²) < 4.78 is 5.16. The zero-order valence-electron chi connectivity index (χ0n) is 18.7. The molecule has 33 heavy (non-hydrogen) atoms. The van der Waals surface area contributed by atoms with Crippen molar-refractivity contribution in [3.63, 3.8) is 0 Å². The van der Waals surface area contributed by atoms with Crippen molar-refractivity contribution in [1.29, 1.82) is 0 Å². The van der Waals surface area contributed by atoms with Crippen LogP contribution in [-0.4, -0.2) is 29.1 Å². The Balaban J connectivity index is 0.00000259. The minimum Gasteiger partial charge on any atom is -0.370 e. The van der Waals surface area contributed by atoms with Gasteiger partial charge in [0.05, 0.1) is 17.6 Å². The fourth-order valence-corrected chi connectivity index (χ4v) is 4.52. The first-order valence-corrected chi connectivity index (χ1v) is 11.0. The van der Waals surface area contributed by atoms with Crippen LogP contribution in [0.5, 0.6) is 0 Å². The summed E-state index contributed by atoms with van der Waals surface area (Å²) in [4.78, 5) is 19.7. The number of amides is 1. The van der Waals surface area contributed by atoms with Crippen LogP contribution in [0.15, 0.2) is 65.2 Å². The van der Waals surface area contributed by atoms with Gasteiger partial charge in [-0.1, -0.05) is 35.5 Å². The van der Waals surface area contributed by atoms with Crippen molar-refractivity contribution in [2.75, 3.05) is 23.3 Å². The number of fused-ring (bicyclic) bond motifs is 1. The highest BCUT2D eigenvalue weighted by Crippen LogP contribution is 2.35. The Morgan fingerprint density at radius 2 is 1.91 bits per heavy atom. The molecular formula is C26H27ClN4O2. The van der Waals surface area contributed by atoms with Gasteiger partial charge in [0, 0.05) is 47.5 Å². The normalized spacial score (nSPS) is 15.5. The van der Waals surface area contributed by atoms with Crippen LogP contribution < -0.4 is 10.2 Å². The fourth-order valence-electron chi connectivity index (χ4n) is 4.52. The minimum absolute atomic E-state index is 0. The number of halogens is 1. The van der Waals surface area contributed by atoms with Gasteiger partial charge in [-0.15, -0.1) is 12.4 Å². The van der Waals surface area contributed by atoms with Gasteiger partial charge in [-0.2, -0.15) is 0 Å². The van der Waals surface area contributed by atoms with Gasteiger partial charge in [0.15, 0.2) is 0 Å². The molecule has 170 valence electrons. The van der Waals surface area contributed by atoms with E-state index in [1.54, 1.807) is 6.07 Å². The number of aromatic nitrogens is 2. The van der Waals surface area contributed by atoms with E-state index < -0.39 is 0 Å². The first-order chi connectivity index (χ1) is 15.5. The van der Waals surface area contributed by atoms with E-state index >= 15 is 0 Å². The third-order valence-electron chi connectivity index (χ3n) is 6.01. The zero-order valence-corrected chi connectivity index (χ0v) is 19.6. The van der Waals surface area contributed by atoms with Crippen LogP contribution in [0.25, 0.3) is 10.9 Å². The maximum atomic E-state index is 12.5. The van der Waals surface area contributed by atoms with Gasteiger partial charge >= 0.3 is 0 Å². The topological polar surface area (TPSA) is 71.3 Å². The first kappa shape index (κ1) is 22.8. The van der Waals surface area contributed by atoms with Gasteiger partial charge in [0.25, 0.3) is 0 Å². The van der Waals surface area contributed by atoms with Gasteiger partial charge < -0.3 is 14.7 Å². The molecular weight excluding hydrogens is 436 g/mol. The second kappa shape index (κ2) is 9.63. The lowest BCUT2D eigenvalue weighted by Crippen LogP contribution is -2.20. The number of carbonyl (C=O) groups excluding carboxylic acids is 1. The standard InChI is InChI=1S/C26H26N4O2.ClH/c1-17-13-25(30-11-10-20(16-30)19-6-4-3-5-7-19)23-14-21(8-9-24(23)27-17)28-26(31)15-22-12-18(2)29-32-22;/h3-9,12-14,20H,10-11,15-16H2,1-2H3,(H,28,31);1H. The zero-order chi connectivity index (χ0) is 22.1. The molecule has 6 nitrogen and oxygen atoms in total. The molecule has 2 aromatic heterocycles. The largest absolute Gasteiger partial charge is 0.370 e. The maximum absolute atomic E-state index is 12.5. The van der Waals surface area contributed by atoms with E-state index in [2.05, 4.69) is 51.8 Å². The molecule has 1 amide bonds. The van der Waals surface area contributed by atoms with Crippen LogP contribution in [-0.2, 0) is 11.2 Å². The average molecular weight is 463 g/mol. The summed E-state index contributed by atoms with van der Waals surface area (Å²) in [5.74, 6) is 0.947. The summed E-state index contributed by atoms with van der Waals surface area (Å²) >= 11 is 0. The van der Waals surface area contributed by atoms with Crippen molar-refractivity contribution in [3.8, 4) is 0 Å². The number of hydrogen-bond donors (Lipinski definition) is 1. The van der Waals surface area contributed by atoms with Gasteiger partial charge in [-0.05, 0) is 50.1 Å². The lowest BCUT2D eigenvalue weighted by atomic mass is 9.99. The molecule has 0 aliphatic carbocycles. The number of rotatable bonds is 5. The first-order valence-electron chi connectivity index (χ1n) is 11.0. The molecule has 1 N–H and O–H groups in total. The predicted octanol–water partition coefficient (Wildman–Crippen LogP) is 5.44. The number of pyridine rings is 1. The van der Waals surface area contributed by atoms with Gasteiger partial charge in [0.1, 0.15) is 5.76 Å². The van der Waals surface area contributed by atoms with Crippen LogP contribution in [0, 0.1) is 13.8 Å². The lowest BCUT2D eigenvalue weighted by molar-refractivity contribution is -0.115. The molecule has 5 rings (SSSR count). The Morgan fingerprint density at radius 3 is 2.67 bits per heavy atom. The predicted molar refractivity (Wildman–Crippen MR) is 133 cm³/mol. The molecule has 0 spiro atoms. The van der Waals surface area contributed by atoms with Crippen molar-refractivity contribution in [2.24, 2.45) is 0 Å². The van der Waals surface area contributed by atoms with Crippen LogP contribution in [0.4, 0.5) is 11.4 Å². The van der Waals surface area contributed by atoms with Crippen LogP contribution in [0.1, 0.15) is 35.1 Å². The summed E-state index contributed by atoms with van der Waals surface area (Å²) in [5.41, 5.74) is 6.02. The number of benzene rings is 2. The number of nitrogens with one attached hydrogen (secondary N) is 1. The molecule has 1 unspecified atom stereocenters. The Morgan fingerprint density at radius 1 is 1.09 bits per heavy atom. The summed E-state index contributed by atoms with van der Waals surface area (Å²) in [7, 11) is 0. The van der Waals surface area contributed by atoms with Crippen molar-refractivity contribution < 1.29 is 9.32 Å². The van der Waals surface area contributed by atoms with Crippen molar-refractivity contribution in [1.82, 2.24) is 10.1 Å². The fraction of sp³-hybridized carbons (Fsp3) is 0.269. The highest BCUT2D eigenvalue weighted by Gasteiger charge is 2.25. The Kier molecular flexibility index (Phi) is 6.65. The van der Waals surface area contributed by atoms with Gasteiger partial charge in [-0.3, -0.25) is 9.78 Å². The second-order valence-electron chi connectivity index (χ2n) is 8.52. The van der Waals surface area contributed by atoms with E-state index in [4.69, 9.17) is 9.51 Å². The number of aryl methyl sites for hydroxylation is 2. The van der Waals surface area contributed by atoms with Gasteiger partial charge in [0.2, 0.25) is 5.91 Å². The van der Waals surface area contributed by atoms with E-state index in [1.807, 2.05) is 32.0 Å². The third-order valence-corrected chi connectivity index (χ3v) is 6.01. The molecule has 3 heterocycles. The molecule has 0 radical (unpaired) electrons. The highest BCUT2D eigenvalue weighted by molar-refractivity contribution is 5.98. The monoisotopic (exact) mass is 462 g/mol. The SMILES string of the molecule is Cc1cc(CC(=O)Nc2ccc3nc(C)cc(N4CCC(c5ccccc5)C4)c3c2)on1.Cl. The Hall–Kier alpha value is -3.38. The van der Waals surface area contributed by atoms with E-state index in [1.165, 1.54) is 11.3 Å². The number of hydrogen-bond acceptors (Lipinski definition) is 5. The quantitative estimate of drug-likeness (QED) is 0.427. The maximum Gasteiger partial charge on any atom is 0.232 e. The smallest absolute Gasteiger partial charge is 0.232 e. The summed E-state index contributed by atoms with van der Waals surface area (Å²) in [6.07, 6.45) is 1.28. The number of anilines is 2. The van der Waals surface area contributed by atoms with E-state index in [0.29, 0.717) is 11.7 Å². The molecule has 1 aliphatic rings. The molecule has 7 heteroatoms. The third kappa shape index (κ3) is 5.01. The van der Waals surface area contributed by atoms with Crippen LogP contribution in [0.2, 0.25) is 0 Å². The summed E-state index contributed by atoms with van der Waals surface area (Å²) in [6, 6.07) is 20.6. The molecule has 2 aromatic carbocycles. The molecule has 0 saturated carbocycles. The summed E-state index contributed by atoms with van der Waals surface area (Å²) in [5, 5.41) is 7.88. The van der Waals surface area contributed by atoms with E-state index in [0.717, 1.165) is 47.5 Å². The van der Waals surface area contributed by atoms with Crippen molar-refractivity contribution in [2.45, 2.75) is 32.6 Å². The van der Waals surface area contributed by atoms with Crippen molar-refractivity contribution in [3.05, 3.63) is 83.4 Å². The minimum atomic E-state index is -0.132. The molecule has 4 aromatic rings. The molecule has 1 aliphatic heterocycles. The molecule has 1 fully saturated rings.